The molecular formula is C17H13N5O2S. The van der Waals surface area contributed by atoms with Crippen molar-refractivity contribution in [3.8, 4) is 17.5 Å². The third-order valence-electron chi connectivity index (χ3n) is 3.27. The lowest BCUT2D eigenvalue weighted by Crippen LogP contribution is -2.22. The lowest BCUT2D eigenvalue weighted by atomic mass is 10.2. The minimum Gasteiger partial charge on any atom is -0.411 e. The van der Waals surface area contributed by atoms with E-state index in [-0.39, 0.29) is 11.1 Å². The van der Waals surface area contributed by atoms with Gasteiger partial charge in [0, 0.05) is 12.4 Å². The van der Waals surface area contributed by atoms with E-state index in [0.29, 0.717) is 22.7 Å². The first-order valence-corrected chi connectivity index (χ1v) is 8.26. The number of rotatable bonds is 5. The van der Waals surface area contributed by atoms with Crippen LogP contribution >= 0.6 is 11.8 Å². The number of thioether (sulfide) groups is 1. The molecule has 0 radical (unpaired) electrons. The number of nitrogens with one attached hydrogen (secondary N) is 1. The van der Waals surface area contributed by atoms with Crippen molar-refractivity contribution in [2.75, 3.05) is 5.32 Å². The molecule has 2 heterocycles. The number of nitriles is 1. The van der Waals surface area contributed by atoms with Crippen LogP contribution in [-0.4, -0.2) is 26.3 Å². The molecule has 0 saturated heterocycles. The topological polar surface area (TPSA) is 105 Å². The normalized spacial score (nSPS) is 11.5. The van der Waals surface area contributed by atoms with Gasteiger partial charge in [-0.25, -0.2) is 0 Å². The molecule has 0 saturated carbocycles. The van der Waals surface area contributed by atoms with Crippen molar-refractivity contribution in [1.82, 2.24) is 15.2 Å². The van der Waals surface area contributed by atoms with E-state index in [1.54, 1.807) is 49.6 Å². The monoisotopic (exact) mass is 351 g/mol. The summed E-state index contributed by atoms with van der Waals surface area (Å²) in [5, 5.41) is 19.5. The molecule has 8 heteroatoms. The summed E-state index contributed by atoms with van der Waals surface area (Å²) in [5.74, 6) is 0.0897. The first kappa shape index (κ1) is 16.7. The lowest BCUT2D eigenvalue weighted by Gasteiger charge is -2.10. The first-order valence-electron chi connectivity index (χ1n) is 7.38. The Labute approximate surface area is 148 Å². The Morgan fingerprint density at radius 3 is 2.88 bits per heavy atom. The zero-order valence-corrected chi connectivity index (χ0v) is 14.0. The maximum Gasteiger partial charge on any atom is 0.277 e. The quantitative estimate of drug-likeness (QED) is 0.704. The number of hydrogen-bond donors (Lipinski definition) is 1. The zero-order valence-electron chi connectivity index (χ0n) is 13.2. The van der Waals surface area contributed by atoms with Crippen LogP contribution < -0.4 is 5.32 Å². The van der Waals surface area contributed by atoms with Crippen molar-refractivity contribution in [3.63, 3.8) is 0 Å². The average molecular weight is 351 g/mol. The summed E-state index contributed by atoms with van der Waals surface area (Å²) in [6.07, 6.45) is 3.28. The van der Waals surface area contributed by atoms with E-state index in [9.17, 15) is 4.79 Å². The molecule has 0 bridgehead atoms. The Hall–Kier alpha value is -3.18. The summed E-state index contributed by atoms with van der Waals surface area (Å²) < 4.78 is 5.55. The van der Waals surface area contributed by atoms with Gasteiger partial charge in [0.1, 0.15) is 6.07 Å². The second-order valence-electron chi connectivity index (χ2n) is 5.02. The Bertz CT molecular complexity index is 920. The molecule has 2 aromatic heterocycles. The number of benzene rings is 1. The number of carbonyl (C=O) groups excluding carboxylic acids is 1. The fourth-order valence-electron chi connectivity index (χ4n) is 1.99. The van der Waals surface area contributed by atoms with Crippen LogP contribution in [0, 0.1) is 11.3 Å². The Morgan fingerprint density at radius 2 is 2.12 bits per heavy atom. The molecular weight excluding hydrogens is 338 g/mol. The molecule has 124 valence electrons. The summed E-state index contributed by atoms with van der Waals surface area (Å²) >= 11 is 1.14. The van der Waals surface area contributed by atoms with Crippen molar-refractivity contribution >= 4 is 23.4 Å². The summed E-state index contributed by atoms with van der Waals surface area (Å²) in [5.41, 5.74) is 1.59. The van der Waals surface area contributed by atoms with Gasteiger partial charge < -0.3 is 9.73 Å². The van der Waals surface area contributed by atoms with E-state index in [1.165, 1.54) is 0 Å². The number of carbonyl (C=O) groups is 1. The molecule has 0 aliphatic rings. The fraction of sp³-hybridized carbons (Fsp3) is 0.118. The van der Waals surface area contributed by atoms with Gasteiger partial charge in [-0.2, -0.15) is 5.26 Å². The number of nitrogens with zero attached hydrogens (tertiary/aromatic N) is 4. The molecule has 3 aromatic rings. The van der Waals surface area contributed by atoms with Gasteiger partial charge in [0.05, 0.1) is 22.1 Å². The SMILES string of the molecule is C[C@H](Sc1nnc(-c2cccnc2)o1)C(=O)Nc1ccccc1C#N. The minimum absolute atomic E-state index is 0.256. The van der Waals surface area contributed by atoms with Crippen LogP contribution in [0.2, 0.25) is 0 Å². The van der Waals surface area contributed by atoms with Crippen molar-refractivity contribution in [2.45, 2.75) is 17.4 Å². The smallest absolute Gasteiger partial charge is 0.277 e. The Kier molecular flexibility index (Phi) is 5.06. The summed E-state index contributed by atoms with van der Waals surface area (Å²) in [6.45, 7) is 1.73. The highest BCUT2D eigenvalue weighted by atomic mass is 32.2. The van der Waals surface area contributed by atoms with Crippen molar-refractivity contribution < 1.29 is 9.21 Å². The van der Waals surface area contributed by atoms with Crippen LogP contribution in [0.3, 0.4) is 0 Å². The van der Waals surface area contributed by atoms with Crippen LogP contribution in [0.15, 0.2) is 58.4 Å². The van der Waals surface area contributed by atoms with Crippen LogP contribution in [0.5, 0.6) is 0 Å². The van der Waals surface area contributed by atoms with E-state index in [0.717, 1.165) is 11.8 Å². The van der Waals surface area contributed by atoms with Gasteiger partial charge >= 0.3 is 0 Å². The molecule has 1 N–H and O–H groups in total. The second kappa shape index (κ2) is 7.59. The molecule has 0 spiro atoms. The molecule has 7 nitrogen and oxygen atoms in total. The second-order valence-corrected chi connectivity index (χ2v) is 6.31. The molecule has 3 rings (SSSR count). The lowest BCUT2D eigenvalue weighted by molar-refractivity contribution is -0.115. The molecule has 0 aliphatic carbocycles. The fourth-order valence-corrected chi connectivity index (χ4v) is 2.68. The molecule has 1 atom stereocenters. The van der Waals surface area contributed by atoms with Crippen LogP contribution in [0.25, 0.3) is 11.5 Å². The van der Waals surface area contributed by atoms with Gasteiger partial charge in [-0.05, 0) is 31.2 Å². The standard InChI is InChI=1S/C17H13N5O2S/c1-11(15(23)20-14-7-3-2-5-12(14)9-18)25-17-22-21-16(24-17)13-6-4-8-19-10-13/h2-8,10-11H,1H3,(H,20,23)/t11-/m0/s1. The molecule has 0 unspecified atom stereocenters. The number of para-hydroxylation sites is 1. The molecule has 1 amide bonds. The van der Waals surface area contributed by atoms with Gasteiger partial charge in [0.2, 0.25) is 11.8 Å². The Morgan fingerprint density at radius 1 is 1.28 bits per heavy atom. The Balaban J connectivity index is 1.66. The first-order chi connectivity index (χ1) is 12.2. The van der Waals surface area contributed by atoms with E-state index >= 15 is 0 Å². The van der Waals surface area contributed by atoms with Gasteiger partial charge in [-0.3, -0.25) is 9.78 Å². The molecule has 1 aromatic carbocycles. The van der Waals surface area contributed by atoms with E-state index in [1.807, 2.05) is 12.1 Å². The van der Waals surface area contributed by atoms with E-state index in [4.69, 9.17) is 9.68 Å². The highest BCUT2D eigenvalue weighted by Gasteiger charge is 2.19. The summed E-state index contributed by atoms with van der Waals surface area (Å²) in [4.78, 5) is 16.3. The van der Waals surface area contributed by atoms with Gasteiger partial charge in [-0.15, -0.1) is 10.2 Å². The van der Waals surface area contributed by atoms with Crippen molar-refractivity contribution in [3.05, 3.63) is 54.4 Å². The summed E-state index contributed by atoms with van der Waals surface area (Å²) in [6, 6.07) is 12.4. The molecule has 25 heavy (non-hydrogen) atoms. The van der Waals surface area contributed by atoms with Crippen molar-refractivity contribution in [1.29, 1.82) is 5.26 Å². The van der Waals surface area contributed by atoms with E-state index < -0.39 is 5.25 Å². The number of amides is 1. The zero-order chi connectivity index (χ0) is 17.6. The third-order valence-corrected chi connectivity index (χ3v) is 4.20. The average Bonchev–Trinajstić information content (AvgIpc) is 3.11. The van der Waals surface area contributed by atoms with Crippen LogP contribution in [0.4, 0.5) is 5.69 Å². The van der Waals surface area contributed by atoms with Crippen molar-refractivity contribution in [2.24, 2.45) is 0 Å². The molecule has 0 fully saturated rings. The molecule has 0 aliphatic heterocycles. The number of hydrogen-bond acceptors (Lipinski definition) is 7. The van der Waals surface area contributed by atoms with Crippen LogP contribution in [0.1, 0.15) is 12.5 Å². The predicted molar refractivity (Wildman–Crippen MR) is 92.6 cm³/mol. The summed E-state index contributed by atoms with van der Waals surface area (Å²) in [7, 11) is 0. The minimum atomic E-state index is -0.478. The predicted octanol–water partition coefficient (Wildman–Crippen LogP) is 3.12. The van der Waals surface area contributed by atoms with Gasteiger partial charge in [-0.1, -0.05) is 23.9 Å². The highest BCUT2D eigenvalue weighted by Crippen LogP contribution is 2.26. The van der Waals surface area contributed by atoms with Gasteiger partial charge in [0.25, 0.3) is 5.22 Å². The van der Waals surface area contributed by atoms with Gasteiger partial charge in [0.15, 0.2) is 0 Å². The van der Waals surface area contributed by atoms with E-state index in [2.05, 4.69) is 20.5 Å². The highest BCUT2D eigenvalue weighted by molar-refractivity contribution is 8.00. The number of anilines is 1. The largest absolute Gasteiger partial charge is 0.411 e. The number of pyridine rings is 1. The maximum atomic E-state index is 12.3. The maximum absolute atomic E-state index is 12.3. The number of aromatic nitrogens is 3. The third kappa shape index (κ3) is 4.02. The van der Waals surface area contributed by atoms with Crippen LogP contribution in [-0.2, 0) is 4.79 Å².